The first-order valence-electron chi connectivity index (χ1n) is 10.5. The van der Waals surface area contributed by atoms with E-state index in [0.717, 1.165) is 60.9 Å². The Balaban J connectivity index is 1.21. The van der Waals surface area contributed by atoms with E-state index in [-0.39, 0.29) is 5.91 Å². The van der Waals surface area contributed by atoms with Gasteiger partial charge in [0.2, 0.25) is 5.91 Å². The lowest BCUT2D eigenvalue weighted by molar-refractivity contribution is -0.130. The number of carbonyl (C=O) groups excluding carboxylic acids is 1. The molecule has 1 saturated heterocycles. The molecule has 4 rings (SSSR count). The Morgan fingerprint density at radius 1 is 1.10 bits per heavy atom. The average molecular weight is 458 g/mol. The molecule has 0 atom stereocenters. The van der Waals surface area contributed by atoms with Gasteiger partial charge in [0, 0.05) is 39.3 Å². The molecule has 2 aromatic heterocycles. The average Bonchev–Trinajstić information content (AvgIpc) is 3.48. The molecule has 0 aliphatic carbocycles. The highest BCUT2D eigenvalue weighted by Gasteiger charge is 2.22. The molecule has 1 amide bonds. The number of benzene rings is 1. The molecule has 1 aliphatic rings. The summed E-state index contributed by atoms with van der Waals surface area (Å²) in [5.74, 6) is 2.32. The lowest BCUT2D eigenvalue weighted by Crippen LogP contribution is -2.50. The van der Waals surface area contributed by atoms with Gasteiger partial charge in [-0.1, -0.05) is 36.0 Å². The lowest BCUT2D eigenvalue weighted by Gasteiger charge is -2.34. The Kier molecular flexibility index (Phi) is 7.61. The molecule has 0 saturated carbocycles. The van der Waals surface area contributed by atoms with Crippen molar-refractivity contribution < 1.29 is 9.53 Å². The van der Waals surface area contributed by atoms with E-state index >= 15 is 0 Å². The second-order valence-corrected chi connectivity index (χ2v) is 9.09. The number of thioether (sulfide) groups is 1. The number of rotatable bonds is 9. The van der Waals surface area contributed by atoms with Crippen LogP contribution in [0.2, 0.25) is 0 Å². The number of para-hydroxylation sites is 1. The Labute approximate surface area is 191 Å². The van der Waals surface area contributed by atoms with Gasteiger partial charge in [0.25, 0.3) is 0 Å². The molecular weight excluding hydrogens is 430 g/mol. The topological polar surface area (TPSA) is 63.5 Å². The van der Waals surface area contributed by atoms with Gasteiger partial charge < -0.3 is 14.2 Å². The number of aromatic nitrogens is 3. The molecule has 0 N–H and O–H groups in total. The van der Waals surface area contributed by atoms with Gasteiger partial charge in [-0.25, -0.2) is 0 Å². The van der Waals surface area contributed by atoms with E-state index in [4.69, 9.17) is 4.74 Å². The van der Waals surface area contributed by atoms with Crippen LogP contribution in [0.25, 0.3) is 10.7 Å². The Bertz CT molecular complexity index is 954. The molecule has 0 radical (unpaired) electrons. The molecule has 31 heavy (non-hydrogen) atoms. The number of ether oxygens (including phenoxy) is 1. The maximum absolute atomic E-state index is 12.7. The second kappa shape index (κ2) is 10.8. The Morgan fingerprint density at radius 3 is 2.61 bits per heavy atom. The third-order valence-electron chi connectivity index (χ3n) is 5.24. The maximum Gasteiger partial charge on any atom is 0.233 e. The van der Waals surface area contributed by atoms with Crippen molar-refractivity contribution in [3.8, 4) is 16.5 Å². The number of thiophene rings is 1. The molecule has 0 bridgehead atoms. The van der Waals surface area contributed by atoms with Crippen LogP contribution in [0.5, 0.6) is 5.75 Å². The third kappa shape index (κ3) is 5.66. The van der Waals surface area contributed by atoms with Crippen LogP contribution in [0.4, 0.5) is 0 Å². The van der Waals surface area contributed by atoms with Crippen molar-refractivity contribution in [2.45, 2.75) is 18.6 Å². The van der Waals surface area contributed by atoms with Crippen LogP contribution in [-0.4, -0.2) is 75.6 Å². The molecule has 164 valence electrons. The first-order valence-corrected chi connectivity index (χ1v) is 12.4. The number of piperazine rings is 1. The first-order chi connectivity index (χ1) is 15.2. The summed E-state index contributed by atoms with van der Waals surface area (Å²) in [6.07, 6.45) is 0. The predicted molar refractivity (Wildman–Crippen MR) is 125 cm³/mol. The molecule has 1 fully saturated rings. The number of carbonyl (C=O) groups is 1. The summed E-state index contributed by atoms with van der Waals surface area (Å²) in [4.78, 5) is 18.1. The summed E-state index contributed by atoms with van der Waals surface area (Å²) >= 11 is 3.12. The fourth-order valence-corrected chi connectivity index (χ4v) is 5.14. The van der Waals surface area contributed by atoms with E-state index in [1.807, 2.05) is 52.7 Å². The molecule has 1 aromatic carbocycles. The minimum atomic E-state index is 0.161. The van der Waals surface area contributed by atoms with Gasteiger partial charge in [-0.05, 0) is 30.5 Å². The zero-order chi connectivity index (χ0) is 21.5. The largest absolute Gasteiger partial charge is 0.492 e. The van der Waals surface area contributed by atoms with Crippen LogP contribution < -0.4 is 4.74 Å². The number of hydrogen-bond acceptors (Lipinski definition) is 7. The molecule has 3 aromatic rings. The predicted octanol–water partition coefficient (Wildman–Crippen LogP) is 3.34. The van der Waals surface area contributed by atoms with Crippen LogP contribution in [0.15, 0.2) is 53.0 Å². The van der Waals surface area contributed by atoms with Gasteiger partial charge >= 0.3 is 0 Å². The van der Waals surface area contributed by atoms with E-state index in [1.165, 1.54) is 11.8 Å². The summed E-state index contributed by atoms with van der Waals surface area (Å²) in [6, 6.07) is 13.9. The Morgan fingerprint density at radius 2 is 1.90 bits per heavy atom. The number of nitrogens with zero attached hydrogens (tertiary/aromatic N) is 5. The van der Waals surface area contributed by atoms with E-state index in [1.54, 1.807) is 11.3 Å². The summed E-state index contributed by atoms with van der Waals surface area (Å²) in [7, 11) is 0. The normalized spacial score (nSPS) is 14.7. The number of amides is 1. The van der Waals surface area contributed by atoms with E-state index in [2.05, 4.69) is 26.6 Å². The van der Waals surface area contributed by atoms with Gasteiger partial charge in [0.15, 0.2) is 11.0 Å². The van der Waals surface area contributed by atoms with Crippen LogP contribution >= 0.6 is 23.1 Å². The lowest BCUT2D eigenvalue weighted by atomic mass is 10.3. The fraction of sp³-hybridized carbons (Fsp3) is 0.409. The molecule has 0 unspecified atom stereocenters. The SMILES string of the molecule is CCn1c(SCC(=O)N2CCN(CCOc3ccccc3)CC2)nnc1-c1cccs1. The molecule has 9 heteroatoms. The van der Waals surface area contributed by atoms with E-state index in [9.17, 15) is 4.79 Å². The standard InChI is InChI=1S/C22H27N5O2S2/c1-2-27-21(19-9-6-16-30-19)23-24-22(27)31-17-20(28)26-12-10-25(11-13-26)14-15-29-18-7-4-3-5-8-18/h3-9,16H,2,10-15,17H2,1H3. The van der Waals surface area contributed by atoms with E-state index < -0.39 is 0 Å². The van der Waals surface area contributed by atoms with E-state index in [0.29, 0.717) is 12.4 Å². The third-order valence-corrected chi connectivity index (χ3v) is 7.06. The minimum Gasteiger partial charge on any atom is -0.492 e. The van der Waals surface area contributed by atoms with Gasteiger partial charge in [-0.15, -0.1) is 21.5 Å². The van der Waals surface area contributed by atoms with Crippen LogP contribution in [0.1, 0.15) is 6.92 Å². The zero-order valence-electron chi connectivity index (χ0n) is 17.6. The minimum absolute atomic E-state index is 0.161. The monoisotopic (exact) mass is 457 g/mol. The van der Waals surface area contributed by atoms with Crippen LogP contribution in [0.3, 0.4) is 0 Å². The summed E-state index contributed by atoms with van der Waals surface area (Å²) < 4.78 is 7.86. The van der Waals surface area contributed by atoms with Gasteiger partial charge in [0.05, 0.1) is 10.6 Å². The molecule has 7 nitrogen and oxygen atoms in total. The van der Waals surface area contributed by atoms with Crippen molar-refractivity contribution in [1.82, 2.24) is 24.6 Å². The fourth-order valence-electron chi connectivity index (χ4n) is 3.52. The van der Waals surface area contributed by atoms with Crippen molar-refractivity contribution in [2.75, 3.05) is 45.1 Å². The highest BCUT2D eigenvalue weighted by molar-refractivity contribution is 7.99. The molecule has 3 heterocycles. The summed E-state index contributed by atoms with van der Waals surface area (Å²) in [5, 5.41) is 11.5. The number of hydrogen-bond donors (Lipinski definition) is 0. The zero-order valence-corrected chi connectivity index (χ0v) is 19.3. The molecule has 0 spiro atoms. The summed E-state index contributed by atoms with van der Waals surface area (Å²) in [5.41, 5.74) is 0. The molecular formula is C22H27N5O2S2. The van der Waals surface area contributed by atoms with Gasteiger partial charge in [0.1, 0.15) is 12.4 Å². The maximum atomic E-state index is 12.7. The Hall–Kier alpha value is -2.36. The quantitative estimate of drug-likeness (QED) is 0.459. The van der Waals surface area contributed by atoms with Crippen molar-refractivity contribution in [1.29, 1.82) is 0 Å². The molecule has 1 aliphatic heterocycles. The van der Waals surface area contributed by atoms with Gasteiger partial charge in [-0.3, -0.25) is 9.69 Å². The highest BCUT2D eigenvalue weighted by Crippen LogP contribution is 2.27. The second-order valence-electron chi connectivity index (χ2n) is 7.20. The highest BCUT2D eigenvalue weighted by atomic mass is 32.2. The van der Waals surface area contributed by atoms with Crippen molar-refractivity contribution in [3.05, 3.63) is 47.8 Å². The summed E-state index contributed by atoms with van der Waals surface area (Å²) in [6.45, 7) is 7.65. The van der Waals surface area contributed by atoms with Crippen molar-refractivity contribution in [3.63, 3.8) is 0 Å². The van der Waals surface area contributed by atoms with Crippen molar-refractivity contribution >= 4 is 29.0 Å². The van der Waals surface area contributed by atoms with Crippen LogP contribution in [0, 0.1) is 0 Å². The first kappa shape index (κ1) is 21.9. The van der Waals surface area contributed by atoms with Crippen molar-refractivity contribution in [2.24, 2.45) is 0 Å². The van der Waals surface area contributed by atoms with Gasteiger partial charge in [-0.2, -0.15) is 0 Å². The van der Waals surface area contributed by atoms with Crippen LogP contribution in [-0.2, 0) is 11.3 Å². The smallest absolute Gasteiger partial charge is 0.233 e.